The summed E-state index contributed by atoms with van der Waals surface area (Å²) in [6, 6.07) is 14.9. The third-order valence-electron chi connectivity index (χ3n) is 6.35. The number of anilines is 3. The second-order valence-electron chi connectivity index (χ2n) is 9.06. The average molecular weight is 580 g/mol. The van der Waals surface area contributed by atoms with Gasteiger partial charge in [0.1, 0.15) is 17.6 Å². The van der Waals surface area contributed by atoms with E-state index >= 15 is 0 Å². The van der Waals surface area contributed by atoms with Crippen molar-refractivity contribution < 1.29 is 5.76 Å². The van der Waals surface area contributed by atoms with E-state index in [0.717, 1.165) is 12.8 Å². The number of fused-ring (bicyclic) bond motifs is 1. The fourth-order valence-electron chi connectivity index (χ4n) is 4.24. The van der Waals surface area contributed by atoms with E-state index in [1.807, 2.05) is 0 Å². The molecule has 1 atom stereocenters. The highest BCUT2D eigenvalue weighted by Gasteiger charge is 2.27. The molecule has 2 heterocycles. The normalized spacial score (nSPS) is 14.9. The van der Waals surface area contributed by atoms with Gasteiger partial charge < -0.3 is 10.6 Å². The summed E-state index contributed by atoms with van der Waals surface area (Å²) in [6.45, 7) is 0. The van der Waals surface area contributed by atoms with Crippen molar-refractivity contribution >= 4 is 62.8 Å². The molecule has 0 saturated heterocycles. The molecule has 0 bridgehead atoms. The van der Waals surface area contributed by atoms with Gasteiger partial charge in [0.2, 0.25) is 0 Å². The Morgan fingerprint density at radius 3 is 2.64 bits per heavy atom. The highest BCUT2D eigenvalue weighted by Crippen LogP contribution is 2.39. The summed E-state index contributed by atoms with van der Waals surface area (Å²) in [6.07, 6.45) is 5.15. The molecule has 194 valence electrons. The molecule has 7 nitrogen and oxygen atoms in total. The van der Waals surface area contributed by atoms with Gasteiger partial charge in [0.25, 0.3) is 0 Å². The molecule has 5 aromatic rings. The predicted molar refractivity (Wildman–Crippen MR) is 151 cm³/mol. The fraction of sp³-hybridized carbons (Fsp3) is 0.143. The monoisotopic (exact) mass is 578 g/mol. The lowest BCUT2D eigenvalue weighted by molar-refractivity contribution is 0.610. The van der Waals surface area contributed by atoms with Crippen molar-refractivity contribution in [2.45, 2.75) is 24.9 Å². The molecule has 1 unspecified atom stereocenters. The van der Waals surface area contributed by atoms with Gasteiger partial charge in [0.15, 0.2) is 0 Å². The van der Waals surface area contributed by atoms with Crippen LogP contribution in [0.3, 0.4) is 0 Å². The Morgan fingerprint density at radius 2 is 1.90 bits per heavy atom. The van der Waals surface area contributed by atoms with Gasteiger partial charge in [-0.25, -0.2) is 9.07 Å². The maximum atomic E-state index is 13.8. The maximum absolute atomic E-state index is 13.8. The van der Waals surface area contributed by atoms with Gasteiger partial charge >= 0.3 is 0 Å². The lowest BCUT2D eigenvalue weighted by Gasteiger charge is -2.20. The zero-order valence-corrected chi connectivity index (χ0v) is 22.4. The first-order chi connectivity index (χ1) is 19.3. The lowest BCUT2D eigenvalue weighted by Crippen LogP contribution is -2.13. The molecule has 1 aliphatic rings. The third-order valence-corrected chi connectivity index (χ3v) is 7.45. The van der Waals surface area contributed by atoms with E-state index in [2.05, 4.69) is 32.0 Å². The van der Waals surface area contributed by atoms with Crippen LogP contribution in [-0.2, 0) is 0 Å². The molecule has 6 rings (SSSR count). The van der Waals surface area contributed by atoms with Crippen LogP contribution in [-0.4, -0.2) is 20.0 Å². The minimum atomic E-state index is -1.65. The number of aromatic nitrogens is 4. The number of hydrogen-bond donors (Lipinski definition) is 2. The zero-order valence-electron chi connectivity index (χ0n) is 21.1. The summed E-state index contributed by atoms with van der Waals surface area (Å²) in [5.41, 5.74) is 2.81. The number of rotatable bonds is 7. The first-order valence-electron chi connectivity index (χ1n) is 12.5. The summed E-state index contributed by atoms with van der Waals surface area (Å²) in [5, 5.41) is 26.2. The predicted octanol–water partition coefficient (Wildman–Crippen LogP) is 8.08. The van der Waals surface area contributed by atoms with Crippen molar-refractivity contribution in [2.24, 2.45) is 0 Å². The Morgan fingerprint density at radius 1 is 1.10 bits per heavy atom. The van der Waals surface area contributed by atoms with Gasteiger partial charge in [-0.15, -0.1) is 5.10 Å². The Bertz CT molecular complexity index is 1800. The molecule has 39 heavy (non-hydrogen) atoms. The number of pyridine rings is 1. The maximum Gasteiger partial charge on any atom is 0.123 e. The number of hydrogen-bond acceptors (Lipinski definition) is 6. The molecule has 0 radical (unpaired) electrons. The van der Waals surface area contributed by atoms with Gasteiger partial charge in [-0.1, -0.05) is 58.2 Å². The van der Waals surface area contributed by atoms with Gasteiger partial charge in [0.05, 0.1) is 57.2 Å². The van der Waals surface area contributed by atoms with Crippen molar-refractivity contribution in [1.82, 2.24) is 20.0 Å². The topological polar surface area (TPSA) is 91.5 Å². The van der Waals surface area contributed by atoms with Crippen LogP contribution in [0.2, 0.25) is 15.1 Å². The highest BCUT2D eigenvalue weighted by molar-refractivity contribution is 6.43. The fourth-order valence-corrected chi connectivity index (χ4v) is 4.86. The van der Waals surface area contributed by atoms with Crippen molar-refractivity contribution in [3.63, 3.8) is 0 Å². The van der Waals surface area contributed by atoms with E-state index in [4.69, 9.17) is 34.8 Å². The first kappa shape index (κ1) is 24.2. The van der Waals surface area contributed by atoms with Crippen LogP contribution < -0.4 is 10.6 Å². The van der Waals surface area contributed by atoms with Gasteiger partial charge in [-0.3, -0.25) is 4.98 Å². The van der Waals surface area contributed by atoms with Crippen LogP contribution in [0, 0.1) is 17.1 Å². The molecule has 0 aliphatic heterocycles. The van der Waals surface area contributed by atoms with Crippen molar-refractivity contribution in [1.29, 1.82) is 5.26 Å². The molecule has 1 aliphatic carbocycles. The Labute approximate surface area is 239 Å². The van der Waals surface area contributed by atoms with Crippen LogP contribution in [0.25, 0.3) is 10.9 Å². The number of halogens is 4. The van der Waals surface area contributed by atoms with Crippen molar-refractivity contribution in [2.75, 3.05) is 10.6 Å². The molecule has 1 saturated carbocycles. The lowest BCUT2D eigenvalue weighted by atomic mass is 10.0. The molecule has 3 aromatic carbocycles. The van der Waals surface area contributed by atoms with Gasteiger partial charge in [0, 0.05) is 17.3 Å². The minimum absolute atomic E-state index is 0.250. The van der Waals surface area contributed by atoms with Crippen molar-refractivity contribution in [3.8, 4) is 6.07 Å². The number of nitriles is 1. The Balaban J connectivity index is 1.48. The summed E-state index contributed by atoms with van der Waals surface area (Å²) < 4.78 is 25.1. The van der Waals surface area contributed by atoms with E-state index in [9.17, 15) is 11.0 Å². The first-order valence-corrected chi connectivity index (χ1v) is 13.1. The number of benzene rings is 3. The second-order valence-corrected chi connectivity index (χ2v) is 10.3. The summed E-state index contributed by atoms with van der Waals surface area (Å²) in [5.74, 6) is -0.424. The molecule has 1 fully saturated rings. The van der Waals surface area contributed by atoms with E-state index in [0.29, 0.717) is 49.3 Å². The molecule has 11 heteroatoms. The van der Waals surface area contributed by atoms with Crippen LogP contribution >= 0.6 is 34.8 Å². The second kappa shape index (κ2) is 10.3. The standard InChI is InChI=1S/C28H19Cl3FN7/c29-21-2-1-3-23(25(21)31)36-26-16(12-33)13-34-28-20(26)10-18(11-22(28)30)35-27(15-4-6-17(32)7-5-15)24-14-39(38-37-24)19-8-9-19/h1-7,10-11,13-14,19,27,35H,8-9H2,(H,34,36)/i27D. The summed E-state index contributed by atoms with van der Waals surface area (Å²) in [7, 11) is 0. The number of nitrogens with one attached hydrogen (secondary N) is 2. The van der Waals surface area contributed by atoms with Crippen LogP contribution in [0.5, 0.6) is 0 Å². The quantitative estimate of drug-likeness (QED) is 0.203. The molecule has 0 spiro atoms. The molecule has 2 aromatic heterocycles. The Kier molecular flexibility index (Phi) is 6.41. The van der Waals surface area contributed by atoms with Gasteiger partial charge in [-0.2, -0.15) is 5.26 Å². The van der Waals surface area contributed by atoms with Crippen LogP contribution in [0.15, 0.2) is 67.0 Å². The molecular formula is C28H19Cl3FN7. The summed E-state index contributed by atoms with van der Waals surface area (Å²) in [4.78, 5) is 4.39. The van der Waals surface area contributed by atoms with Gasteiger partial charge in [-0.05, 0) is 54.8 Å². The molecule has 2 N–H and O–H groups in total. The van der Waals surface area contributed by atoms with E-state index in [1.54, 1.807) is 41.2 Å². The minimum Gasteiger partial charge on any atom is -0.373 e. The smallest absolute Gasteiger partial charge is 0.123 e. The summed E-state index contributed by atoms with van der Waals surface area (Å²) >= 11 is 19.3. The van der Waals surface area contributed by atoms with E-state index < -0.39 is 11.8 Å². The van der Waals surface area contributed by atoms with E-state index in [1.165, 1.54) is 30.5 Å². The number of nitrogens with zero attached hydrogens (tertiary/aromatic N) is 5. The van der Waals surface area contributed by atoms with E-state index in [-0.39, 0.29) is 16.6 Å². The molecule has 0 amide bonds. The molecular weight excluding hydrogens is 560 g/mol. The van der Waals surface area contributed by atoms with Crippen LogP contribution in [0.4, 0.5) is 21.5 Å². The average Bonchev–Trinajstić information content (AvgIpc) is 3.67. The van der Waals surface area contributed by atoms with Crippen molar-refractivity contribution in [3.05, 3.63) is 105 Å². The largest absolute Gasteiger partial charge is 0.373 e. The highest BCUT2D eigenvalue weighted by atomic mass is 35.5. The Hall–Kier alpha value is -3.90. The third kappa shape index (κ3) is 5.09. The SMILES string of the molecule is [2H]C(Nc1cc(Cl)c2ncc(C#N)c(Nc3cccc(Cl)c3Cl)c2c1)(c1ccc(F)cc1)c1cn(C2CC2)nn1. The zero-order chi connectivity index (χ0) is 28.0. The van der Waals surface area contributed by atoms with Crippen LogP contribution in [0.1, 0.15) is 43.1 Å².